The SMILES string of the molecule is CCCCCCCCCCCCN(CCCNC(=O)C(NC(=O)C(NC(=O)NC(C(=O)O)C(C)C)C1CCN=C(N)N1)C(O)C(C)C)C(C(=O)O)C(O[C@H]1O[C@H](CN)[C@H](O)[C@H]1OC)[C@H]1O[C@@H](n2ccc(=O)[nH]c2=O)[C@H](O)[C@@H]1O. The van der Waals surface area contributed by atoms with Crippen LogP contribution in [0.5, 0.6) is 0 Å². The summed E-state index contributed by atoms with van der Waals surface area (Å²) in [5.74, 6) is -5.71. The van der Waals surface area contributed by atoms with Crippen molar-refractivity contribution in [3.05, 3.63) is 33.1 Å². The third-order valence-electron chi connectivity index (χ3n) is 14.3. The zero-order valence-electron chi connectivity index (χ0n) is 45.7. The number of unbranched alkanes of at least 4 members (excludes halogenated alkanes) is 9. The number of aliphatic hydroxyl groups excluding tert-OH is 4. The van der Waals surface area contributed by atoms with Crippen LogP contribution in [0, 0.1) is 11.8 Å². The van der Waals surface area contributed by atoms with Crippen molar-refractivity contribution in [2.75, 3.05) is 39.8 Å². The number of aliphatic carboxylic acids is 2. The Hall–Kier alpha value is -5.30. The molecule has 4 amide bonds. The van der Waals surface area contributed by atoms with Gasteiger partial charge in [-0.1, -0.05) is 92.4 Å². The van der Waals surface area contributed by atoms with Crippen LogP contribution in [0.25, 0.3) is 0 Å². The number of methoxy groups -OCH3 is 1. The third kappa shape index (κ3) is 18.4. The Bertz CT molecular complexity index is 2220. The number of carbonyl (C=O) groups excluding carboxylic acids is 3. The van der Waals surface area contributed by atoms with Crippen LogP contribution in [-0.2, 0) is 38.1 Å². The van der Waals surface area contributed by atoms with Gasteiger partial charge in [0, 0.05) is 45.6 Å². The van der Waals surface area contributed by atoms with Crippen LogP contribution < -0.4 is 49.3 Å². The van der Waals surface area contributed by atoms with Crippen molar-refractivity contribution < 1.29 is 73.6 Å². The van der Waals surface area contributed by atoms with E-state index in [1.54, 1.807) is 32.6 Å². The molecule has 0 saturated carbocycles. The number of hydrogen-bond acceptors (Lipinski definition) is 20. The van der Waals surface area contributed by atoms with Gasteiger partial charge in [-0.3, -0.25) is 38.6 Å². The number of urea groups is 1. The van der Waals surface area contributed by atoms with Crippen LogP contribution in [0.3, 0.4) is 0 Å². The first-order valence-corrected chi connectivity index (χ1v) is 27.2. The van der Waals surface area contributed by atoms with Gasteiger partial charge in [0.25, 0.3) is 5.56 Å². The summed E-state index contributed by atoms with van der Waals surface area (Å²) in [6.45, 7) is 8.41. The minimum atomic E-state index is -1.92. The average molecular weight is 1110 g/mol. The number of carboxylic acid groups (broad SMARTS) is 2. The zero-order chi connectivity index (χ0) is 57.8. The first-order valence-electron chi connectivity index (χ1n) is 27.2. The second-order valence-electron chi connectivity index (χ2n) is 20.9. The molecule has 3 aliphatic rings. The number of carboxylic acids is 2. The molecular weight excluding hydrogens is 1030 g/mol. The van der Waals surface area contributed by atoms with E-state index < -0.39 is 144 Å². The van der Waals surface area contributed by atoms with E-state index in [9.17, 15) is 64.2 Å². The number of aromatic amines is 1. The van der Waals surface area contributed by atoms with Gasteiger partial charge in [-0.15, -0.1) is 0 Å². The van der Waals surface area contributed by atoms with E-state index in [0.717, 1.165) is 55.4 Å². The minimum absolute atomic E-state index is 0.0277. The molecule has 0 aromatic carbocycles. The van der Waals surface area contributed by atoms with Crippen molar-refractivity contribution in [2.24, 2.45) is 28.3 Å². The molecule has 1 aromatic heterocycles. The highest BCUT2D eigenvalue weighted by Crippen LogP contribution is 2.36. The normalized spacial score (nSPS) is 25.6. The summed E-state index contributed by atoms with van der Waals surface area (Å²) in [6, 6.07) is -7.02. The molecule has 2 fully saturated rings. The topological polar surface area (TPSA) is 426 Å². The fourth-order valence-electron chi connectivity index (χ4n) is 9.86. The number of aromatic nitrogens is 2. The average Bonchev–Trinajstić information content (AvgIpc) is 3.88. The molecule has 28 heteroatoms. The molecule has 1 aromatic rings. The lowest BCUT2D eigenvalue weighted by Crippen LogP contribution is -2.66. The Balaban J connectivity index is 1.63. The molecule has 28 nitrogen and oxygen atoms in total. The molecule has 15 atom stereocenters. The van der Waals surface area contributed by atoms with E-state index in [0.29, 0.717) is 12.8 Å². The smallest absolute Gasteiger partial charge is 0.330 e. The first-order chi connectivity index (χ1) is 37.1. The Labute approximate surface area is 453 Å². The maximum atomic E-state index is 14.2. The molecule has 2 saturated heterocycles. The Morgan fingerprint density at radius 1 is 0.846 bits per heavy atom. The lowest BCUT2D eigenvalue weighted by molar-refractivity contribution is -0.238. The highest BCUT2D eigenvalue weighted by molar-refractivity contribution is 5.94. The number of nitrogens with one attached hydrogen (secondary N) is 6. The van der Waals surface area contributed by atoms with Crippen LogP contribution >= 0.6 is 0 Å². The van der Waals surface area contributed by atoms with Crippen molar-refractivity contribution >= 4 is 35.7 Å². The van der Waals surface area contributed by atoms with Crippen LogP contribution in [0.15, 0.2) is 26.8 Å². The van der Waals surface area contributed by atoms with Crippen LogP contribution in [0.1, 0.15) is 118 Å². The summed E-state index contributed by atoms with van der Waals surface area (Å²) in [7, 11) is 1.27. The minimum Gasteiger partial charge on any atom is -0.480 e. The number of amides is 4. The lowest BCUT2D eigenvalue weighted by Gasteiger charge is -2.39. The van der Waals surface area contributed by atoms with Crippen molar-refractivity contribution in [1.82, 2.24) is 41.0 Å². The fourth-order valence-corrected chi connectivity index (χ4v) is 9.86. The third-order valence-corrected chi connectivity index (χ3v) is 14.3. The van der Waals surface area contributed by atoms with Gasteiger partial charge >= 0.3 is 23.7 Å². The van der Waals surface area contributed by atoms with Crippen molar-refractivity contribution in [3.63, 3.8) is 0 Å². The van der Waals surface area contributed by atoms with Gasteiger partial charge in [-0.25, -0.2) is 14.4 Å². The highest BCUT2D eigenvalue weighted by atomic mass is 16.7. The largest absolute Gasteiger partial charge is 0.480 e. The molecule has 78 heavy (non-hydrogen) atoms. The Morgan fingerprint density at radius 2 is 1.49 bits per heavy atom. The van der Waals surface area contributed by atoms with E-state index >= 15 is 0 Å². The predicted octanol–water partition coefficient (Wildman–Crippen LogP) is -2.26. The highest BCUT2D eigenvalue weighted by Gasteiger charge is 2.55. The summed E-state index contributed by atoms with van der Waals surface area (Å²) in [4.78, 5) is 99.8. The Morgan fingerprint density at radius 3 is 2.05 bits per heavy atom. The maximum Gasteiger partial charge on any atom is 0.330 e. The number of aliphatic hydroxyl groups is 4. The summed E-state index contributed by atoms with van der Waals surface area (Å²) >= 11 is 0. The quantitative estimate of drug-likeness (QED) is 0.0324. The molecule has 0 aliphatic carbocycles. The van der Waals surface area contributed by atoms with Crippen molar-refractivity contribution in [1.29, 1.82) is 0 Å². The van der Waals surface area contributed by atoms with E-state index in [2.05, 4.69) is 43.5 Å². The van der Waals surface area contributed by atoms with Crippen LogP contribution in [0.4, 0.5) is 4.79 Å². The van der Waals surface area contributed by atoms with Crippen LogP contribution in [-0.4, -0.2) is 206 Å². The maximum absolute atomic E-state index is 14.2. The number of guanidine groups is 1. The number of ether oxygens (including phenoxy) is 4. The van der Waals surface area contributed by atoms with E-state index in [-0.39, 0.29) is 51.5 Å². The number of aliphatic imine (C=N–C) groups is 1. The number of nitrogens with zero attached hydrogens (tertiary/aromatic N) is 3. The van der Waals surface area contributed by atoms with Gasteiger partial charge in [0.15, 0.2) is 18.5 Å². The summed E-state index contributed by atoms with van der Waals surface area (Å²) in [5.41, 5.74) is 10.1. The van der Waals surface area contributed by atoms with Gasteiger partial charge in [-0.05, 0) is 37.6 Å². The summed E-state index contributed by atoms with van der Waals surface area (Å²) in [5, 5.41) is 79.4. The van der Waals surface area contributed by atoms with E-state index in [1.165, 1.54) is 20.0 Å². The summed E-state index contributed by atoms with van der Waals surface area (Å²) < 4.78 is 24.8. The van der Waals surface area contributed by atoms with Gasteiger partial charge in [0.05, 0.1) is 12.1 Å². The van der Waals surface area contributed by atoms with Crippen LogP contribution in [0.2, 0.25) is 0 Å². The first kappa shape index (κ1) is 65.2. The molecule has 3 aliphatic heterocycles. The van der Waals surface area contributed by atoms with E-state index in [1.807, 2.05) is 0 Å². The fraction of sp³-hybridized carbons (Fsp3) is 0.800. The number of nitrogens with two attached hydrogens (primary N) is 2. The molecule has 444 valence electrons. The monoisotopic (exact) mass is 1110 g/mol. The molecule has 4 heterocycles. The van der Waals surface area contributed by atoms with Gasteiger partial charge in [0.2, 0.25) is 11.8 Å². The van der Waals surface area contributed by atoms with Gasteiger partial charge < -0.3 is 87.6 Å². The molecule has 0 radical (unpaired) electrons. The number of hydrogen-bond donors (Lipinski definition) is 14. The number of H-pyrrole nitrogens is 1. The van der Waals surface area contributed by atoms with Crippen molar-refractivity contribution in [2.45, 2.75) is 203 Å². The molecule has 0 bridgehead atoms. The second-order valence-corrected chi connectivity index (χ2v) is 20.9. The Kier molecular flexibility index (Phi) is 26.8. The molecular formula is C50H87N11O17. The number of rotatable bonds is 34. The predicted molar refractivity (Wildman–Crippen MR) is 282 cm³/mol. The number of carbonyl (C=O) groups is 5. The molecule has 16 N–H and O–H groups in total. The zero-order valence-corrected chi connectivity index (χ0v) is 45.7. The second kappa shape index (κ2) is 32.1. The lowest BCUT2D eigenvalue weighted by atomic mass is 9.96. The van der Waals surface area contributed by atoms with E-state index in [4.69, 9.17) is 30.4 Å². The standard InChI is InChI=1S/C50H87N11O17/c1-7-8-9-10-11-12-13-14-15-16-22-60(34(46(71)72)39(78-47-41(75-6)36(64)29(25-51)76-47)40-37(65)38(66)44(77-40)61-24-19-30(62)56-50(61)74)23-17-20-53-42(67)33(35(63)27(4)5)57-43(68)32(28-18-21-54-48(52)55-28)59-49(73)58-31(26(2)3)45(69)70/h19,24,26-29,31-41,44,47,63-66H,7-18,20-23,25,51H2,1-6H3,(H,53,67)(H,57,68)(H,69,70)(H,71,72)(H3,52,54,55)(H,56,62,74)(H2,58,59,73)/t28?,29-,31?,32?,33?,34?,35?,36+,37+,38-,39?,40+,41-,44-,47-/m1/s1. The van der Waals surface area contributed by atoms with Gasteiger partial charge in [-0.2, -0.15) is 0 Å². The van der Waals surface area contributed by atoms with Gasteiger partial charge in [0.1, 0.15) is 66.9 Å². The molecule has 4 rings (SSSR count). The summed E-state index contributed by atoms with van der Waals surface area (Å²) in [6.07, 6.45) is -4.51. The molecule has 7 unspecified atom stereocenters. The molecule has 0 spiro atoms. The van der Waals surface area contributed by atoms with Crippen molar-refractivity contribution in [3.8, 4) is 0 Å².